The smallest absolute Gasteiger partial charge is 0.0467 e. The van der Waals surface area contributed by atoms with Crippen molar-refractivity contribution in [1.29, 1.82) is 0 Å². The third kappa shape index (κ3) is 3.55. The van der Waals surface area contributed by atoms with Crippen LogP contribution >= 0.6 is 0 Å². The van der Waals surface area contributed by atoms with Crippen LogP contribution in [0, 0.1) is 0 Å². The largest absolute Gasteiger partial charge is 0.385 e. The van der Waals surface area contributed by atoms with Gasteiger partial charge >= 0.3 is 0 Å². The van der Waals surface area contributed by atoms with Crippen molar-refractivity contribution in [3.8, 4) is 0 Å². The zero-order valence-electron chi connectivity index (χ0n) is 10.1. The summed E-state index contributed by atoms with van der Waals surface area (Å²) in [7, 11) is 0. The van der Waals surface area contributed by atoms with E-state index in [-0.39, 0.29) is 0 Å². The maximum absolute atomic E-state index is 4.38. The van der Waals surface area contributed by atoms with E-state index in [9.17, 15) is 0 Å². The van der Waals surface area contributed by atoms with Crippen LogP contribution in [0.15, 0.2) is 42.9 Å². The van der Waals surface area contributed by atoms with E-state index in [4.69, 9.17) is 0 Å². The molecule has 0 fully saturated rings. The summed E-state index contributed by atoms with van der Waals surface area (Å²) < 4.78 is 0. The van der Waals surface area contributed by atoms with Crippen LogP contribution in [0.1, 0.15) is 24.6 Å². The van der Waals surface area contributed by atoms with E-state index >= 15 is 0 Å². The van der Waals surface area contributed by atoms with Crippen molar-refractivity contribution >= 4 is 5.69 Å². The van der Waals surface area contributed by atoms with Gasteiger partial charge in [-0.2, -0.15) is 0 Å². The van der Waals surface area contributed by atoms with Gasteiger partial charge in [-0.15, -0.1) is 0 Å². The Kier molecular flexibility index (Phi) is 4.08. The van der Waals surface area contributed by atoms with Gasteiger partial charge < -0.3 is 5.32 Å². The lowest BCUT2D eigenvalue weighted by Crippen LogP contribution is -2.01. The van der Waals surface area contributed by atoms with E-state index in [0.29, 0.717) is 0 Å². The van der Waals surface area contributed by atoms with Crippen LogP contribution in [-0.4, -0.2) is 16.5 Å². The molecule has 0 radical (unpaired) electrons. The maximum atomic E-state index is 4.38. The first kappa shape index (κ1) is 11.6. The molecular weight excluding hydrogens is 210 g/mol. The Balaban J connectivity index is 2.06. The summed E-state index contributed by atoms with van der Waals surface area (Å²) in [5, 5.41) is 3.37. The molecule has 0 unspecified atom stereocenters. The average Bonchev–Trinajstić information content (AvgIpc) is 2.38. The number of aromatic nitrogens is 2. The van der Waals surface area contributed by atoms with Crippen molar-refractivity contribution in [3.63, 3.8) is 0 Å². The lowest BCUT2D eigenvalue weighted by Gasteiger charge is -2.06. The van der Waals surface area contributed by atoms with Crippen LogP contribution in [0.5, 0.6) is 0 Å². The van der Waals surface area contributed by atoms with Crippen LogP contribution in [0.2, 0.25) is 0 Å². The average molecular weight is 227 g/mol. The number of pyridine rings is 2. The van der Waals surface area contributed by atoms with Crippen molar-refractivity contribution in [3.05, 3.63) is 54.1 Å². The molecule has 0 saturated heterocycles. The molecular formula is C14H17N3. The molecule has 88 valence electrons. The zero-order chi connectivity index (χ0) is 11.9. The Bertz CT molecular complexity index is 454. The molecule has 17 heavy (non-hydrogen) atoms. The first-order chi connectivity index (χ1) is 8.38. The molecule has 2 rings (SSSR count). The van der Waals surface area contributed by atoms with E-state index in [2.05, 4.69) is 28.3 Å². The van der Waals surface area contributed by atoms with Gasteiger partial charge in [0.2, 0.25) is 0 Å². The van der Waals surface area contributed by atoms with Crippen molar-refractivity contribution in [1.82, 2.24) is 9.97 Å². The van der Waals surface area contributed by atoms with Gasteiger partial charge in [0, 0.05) is 42.9 Å². The topological polar surface area (TPSA) is 37.8 Å². The molecule has 2 aromatic rings. The van der Waals surface area contributed by atoms with E-state index in [1.54, 1.807) is 0 Å². The fourth-order valence-corrected chi connectivity index (χ4v) is 1.66. The monoisotopic (exact) mass is 227 g/mol. The molecule has 0 aliphatic heterocycles. The normalized spacial score (nSPS) is 10.2. The quantitative estimate of drug-likeness (QED) is 0.853. The molecule has 2 heterocycles. The molecule has 0 spiro atoms. The third-order valence-electron chi connectivity index (χ3n) is 2.53. The summed E-state index contributed by atoms with van der Waals surface area (Å²) in [5.41, 5.74) is 3.46. The van der Waals surface area contributed by atoms with Gasteiger partial charge in [0.05, 0.1) is 0 Å². The van der Waals surface area contributed by atoms with Gasteiger partial charge in [-0.3, -0.25) is 9.97 Å². The molecule has 1 N–H and O–H groups in total. The lowest BCUT2D eigenvalue weighted by atomic mass is 10.1. The molecule has 0 saturated carbocycles. The number of hydrogen-bond donors (Lipinski definition) is 1. The second-order valence-electron chi connectivity index (χ2n) is 3.99. The summed E-state index contributed by atoms with van der Waals surface area (Å²) in [4.78, 5) is 8.39. The lowest BCUT2D eigenvalue weighted by molar-refractivity contribution is 0.974. The molecule has 0 aliphatic carbocycles. The first-order valence-electron chi connectivity index (χ1n) is 5.96. The van der Waals surface area contributed by atoms with E-state index in [1.165, 1.54) is 5.56 Å². The standard InChI is InChI=1S/C14H17N3/c1-2-6-16-13-5-9-17-14(11-13)10-12-3-7-15-8-4-12/h3-5,7-9,11H,2,6,10H2,1H3,(H,16,17). The molecule has 0 amide bonds. The summed E-state index contributed by atoms with van der Waals surface area (Å²) in [6.45, 7) is 3.16. The highest BCUT2D eigenvalue weighted by Crippen LogP contribution is 2.11. The highest BCUT2D eigenvalue weighted by molar-refractivity contribution is 5.43. The van der Waals surface area contributed by atoms with E-state index < -0.39 is 0 Å². The van der Waals surface area contributed by atoms with Crippen molar-refractivity contribution < 1.29 is 0 Å². The summed E-state index contributed by atoms with van der Waals surface area (Å²) in [6, 6.07) is 8.16. The third-order valence-corrected chi connectivity index (χ3v) is 2.53. The number of nitrogens with zero attached hydrogens (tertiary/aromatic N) is 2. The van der Waals surface area contributed by atoms with Crippen LogP contribution in [0.4, 0.5) is 5.69 Å². The first-order valence-corrected chi connectivity index (χ1v) is 5.96. The Morgan fingerprint density at radius 1 is 1.12 bits per heavy atom. The van der Waals surface area contributed by atoms with Gasteiger partial charge in [0.1, 0.15) is 0 Å². The fraction of sp³-hybridized carbons (Fsp3) is 0.286. The predicted octanol–water partition coefficient (Wildman–Crippen LogP) is 2.89. The maximum Gasteiger partial charge on any atom is 0.0467 e. The molecule has 0 aromatic carbocycles. The van der Waals surface area contributed by atoms with Crippen molar-refractivity contribution in [2.24, 2.45) is 0 Å². The second kappa shape index (κ2) is 5.99. The minimum atomic E-state index is 0.851. The minimum Gasteiger partial charge on any atom is -0.385 e. The van der Waals surface area contributed by atoms with Crippen molar-refractivity contribution in [2.45, 2.75) is 19.8 Å². The Labute approximate surface area is 102 Å². The molecule has 0 bridgehead atoms. The highest BCUT2D eigenvalue weighted by atomic mass is 14.9. The van der Waals surface area contributed by atoms with Gasteiger partial charge in [-0.05, 0) is 36.2 Å². The van der Waals surface area contributed by atoms with Gasteiger partial charge in [0.25, 0.3) is 0 Å². The zero-order valence-corrected chi connectivity index (χ0v) is 10.1. The Morgan fingerprint density at radius 3 is 2.71 bits per heavy atom. The van der Waals surface area contributed by atoms with Crippen molar-refractivity contribution in [2.75, 3.05) is 11.9 Å². The number of hydrogen-bond acceptors (Lipinski definition) is 3. The predicted molar refractivity (Wildman–Crippen MR) is 70.1 cm³/mol. The summed E-state index contributed by atoms with van der Waals surface area (Å²) in [5.74, 6) is 0. The second-order valence-corrected chi connectivity index (χ2v) is 3.99. The minimum absolute atomic E-state index is 0.851. The van der Waals surface area contributed by atoms with Crippen LogP contribution in [-0.2, 0) is 6.42 Å². The van der Waals surface area contributed by atoms with Gasteiger partial charge in [0.15, 0.2) is 0 Å². The van der Waals surface area contributed by atoms with Gasteiger partial charge in [-0.1, -0.05) is 6.92 Å². The molecule has 3 heteroatoms. The fourth-order valence-electron chi connectivity index (χ4n) is 1.66. The number of nitrogens with one attached hydrogen (secondary N) is 1. The van der Waals surface area contributed by atoms with Gasteiger partial charge in [-0.25, -0.2) is 0 Å². The molecule has 0 aliphatic rings. The highest BCUT2D eigenvalue weighted by Gasteiger charge is 1.99. The Hall–Kier alpha value is -1.90. The number of anilines is 1. The summed E-state index contributed by atoms with van der Waals surface area (Å²) in [6.07, 6.45) is 7.46. The number of rotatable bonds is 5. The molecule has 3 nitrogen and oxygen atoms in total. The molecule has 0 atom stereocenters. The van der Waals surface area contributed by atoms with Crippen LogP contribution in [0.3, 0.4) is 0 Å². The molecule has 2 aromatic heterocycles. The Morgan fingerprint density at radius 2 is 1.94 bits per heavy atom. The summed E-state index contributed by atoms with van der Waals surface area (Å²) >= 11 is 0. The van der Waals surface area contributed by atoms with E-state index in [0.717, 1.165) is 30.8 Å². The van der Waals surface area contributed by atoms with E-state index in [1.807, 2.05) is 36.8 Å². The van der Waals surface area contributed by atoms with Crippen LogP contribution in [0.25, 0.3) is 0 Å². The van der Waals surface area contributed by atoms with Crippen LogP contribution < -0.4 is 5.32 Å². The SMILES string of the molecule is CCCNc1ccnc(Cc2ccncc2)c1.